The Bertz CT molecular complexity index is 643. The molecule has 1 aliphatic heterocycles. The summed E-state index contributed by atoms with van der Waals surface area (Å²) < 4.78 is 5.62. The van der Waals surface area contributed by atoms with Gasteiger partial charge in [0.1, 0.15) is 12.4 Å². The lowest BCUT2D eigenvalue weighted by Crippen LogP contribution is -2.28. The van der Waals surface area contributed by atoms with Crippen LogP contribution in [0, 0.1) is 0 Å². The number of ether oxygens (including phenoxy) is 1. The Labute approximate surface area is 123 Å². The summed E-state index contributed by atoms with van der Waals surface area (Å²) in [4.78, 5) is 14.1. The van der Waals surface area contributed by atoms with Gasteiger partial charge in [0, 0.05) is 24.5 Å². The van der Waals surface area contributed by atoms with Crippen molar-refractivity contribution in [3.63, 3.8) is 0 Å². The number of para-hydroxylation sites is 1. The summed E-state index contributed by atoms with van der Waals surface area (Å²) in [6.07, 6.45) is 0. The van der Waals surface area contributed by atoms with E-state index in [9.17, 15) is 4.79 Å². The van der Waals surface area contributed by atoms with Crippen molar-refractivity contribution in [1.82, 2.24) is 0 Å². The number of fused-ring (bicyclic) bond motifs is 1. The monoisotopic (exact) mass is 283 g/mol. The lowest BCUT2D eigenvalue weighted by Gasteiger charge is -2.27. The number of hydrogen-bond acceptors (Lipinski definition) is 3. The quantitative estimate of drug-likeness (QED) is 0.890. The van der Waals surface area contributed by atoms with Gasteiger partial charge in [-0.1, -0.05) is 18.2 Å². The molecule has 108 valence electrons. The molecule has 0 bridgehead atoms. The largest absolute Gasteiger partial charge is 0.489 e. The van der Waals surface area contributed by atoms with Crippen LogP contribution in [0.5, 0.6) is 5.75 Å². The molecule has 21 heavy (non-hydrogen) atoms. The van der Waals surface area contributed by atoms with E-state index in [0.29, 0.717) is 12.3 Å². The predicted molar refractivity (Wildman–Crippen MR) is 84.3 cm³/mol. The number of hydrogen-bond donors (Lipinski definition) is 2. The van der Waals surface area contributed by atoms with E-state index in [1.807, 2.05) is 55.6 Å². The third kappa shape index (κ3) is 3.08. The van der Waals surface area contributed by atoms with Crippen LogP contribution in [0.1, 0.15) is 0 Å². The molecule has 0 saturated carbocycles. The Morgan fingerprint density at radius 1 is 1.10 bits per heavy atom. The van der Waals surface area contributed by atoms with Gasteiger partial charge in [-0.3, -0.25) is 0 Å². The first-order valence-corrected chi connectivity index (χ1v) is 6.83. The second-order valence-electron chi connectivity index (χ2n) is 4.90. The lowest BCUT2D eigenvalue weighted by atomic mass is 10.2. The fourth-order valence-electron chi connectivity index (χ4n) is 2.25. The fraction of sp³-hybridized carbons (Fsp3) is 0.188. The number of likely N-dealkylation sites (N-methyl/N-ethyl adjacent to an activating group) is 1. The van der Waals surface area contributed by atoms with E-state index in [0.717, 1.165) is 23.7 Å². The van der Waals surface area contributed by atoms with Gasteiger partial charge in [0.05, 0.1) is 12.2 Å². The Hall–Kier alpha value is -2.69. The van der Waals surface area contributed by atoms with Gasteiger partial charge in [0.25, 0.3) is 0 Å². The van der Waals surface area contributed by atoms with E-state index < -0.39 is 0 Å². The van der Waals surface area contributed by atoms with Crippen LogP contribution in [0.15, 0.2) is 48.5 Å². The van der Waals surface area contributed by atoms with Gasteiger partial charge in [-0.2, -0.15) is 0 Å². The third-order valence-corrected chi connectivity index (χ3v) is 3.34. The van der Waals surface area contributed by atoms with E-state index in [1.165, 1.54) is 0 Å². The molecule has 5 nitrogen and oxygen atoms in total. The predicted octanol–water partition coefficient (Wildman–Crippen LogP) is 3.16. The number of anilines is 3. The van der Waals surface area contributed by atoms with Gasteiger partial charge in [0.15, 0.2) is 0 Å². The molecule has 2 aromatic carbocycles. The summed E-state index contributed by atoms with van der Waals surface area (Å²) in [6.45, 7) is 1.53. The first-order chi connectivity index (χ1) is 10.2. The molecular weight excluding hydrogens is 266 g/mol. The summed E-state index contributed by atoms with van der Waals surface area (Å²) in [6, 6.07) is 14.7. The normalized spacial score (nSPS) is 13.1. The number of nitrogens with one attached hydrogen (secondary N) is 2. The number of carbonyl (C=O) groups is 1. The van der Waals surface area contributed by atoms with Gasteiger partial charge in [0.2, 0.25) is 0 Å². The summed E-state index contributed by atoms with van der Waals surface area (Å²) in [5.74, 6) is 0.793. The molecule has 0 spiro atoms. The highest BCUT2D eigenvalue weighted by Gasteiger charge is 2.15. The average molecular weight is 283 g/mol. The zero-order valence-corrected chi connectivity index (χ0v) is 11.8. The summed E-state index contributed by atoms with van der Waals surface area (Å²) in [5.41, 5.74) is 2.50. The Balaban J connectivity index is 1.69. The molecule has 3 rings (SSSR count). The van der Waals surface area contributed by atoms with Gasteiger partial charge in [-0.05, 0) is 24.3 Å². The molecule has 0 unspecified atom stereocenters. The van der Waals surface area contributed by atoms with E-state index >= 15 is 0 Å². The summed E-state index contributed by atoms with van der Waals surface area (Å²) >= 11 is 0. The Morgan fingerprint density at radius 2 is 1.86 bits per heavy atom. The molecule has 0 aliphatic carbocycles. The summed E-state index contributed by atoms with van der Waals surface area (Å²) in [7, 11) is 2.02. The van der Waals surface area contributed by atoms with Gasteiger partial charge in [-0.15, -0.1) is 0 Å². The van der Waals surface area contributed by atoms with Crippen molar-refractivity contribution in [2.24, 2.45) is 0 Å². The van der Waals surface area contributed by atoms with Gasteiger partial charge >= 0.3 is 6.03 Å². The molecule has 2 amide bonds. The highest BCUT2D eigenvalue weighted by molar-refractivity contribution is 6.00. The second kappa shape index (κ2) is 5.75. The summed E-state index contributed by atoms with van der Waals surface area (Å²) in [5, 5.41) is 5.58. The standard InChI is InChI=1S/C16H17N3O2/c1-19-9-10-21-15-11-13(7-8-14(15)19)18-16(20)17-12-5-3-2-4-6-12/h2-8,11H,9-10H2,1H3,(H2,17,18,20). The maximum absolute atomic E-state index is 11.9. The number of benzene rings is 2. The molecule has 0 aromatic heterocycles. The number of nitrogens with zero attached hydrogens (tertiary/aromatic N) is 1. The van der Waals surface area contributed by atoms with Crippen LogP contribution >= 0.6 is 0 Å². The minimum atomic E-state index is -0.273. The third-order valence-electron chi connectivity index (χ3n) is 3.34. The zero-order chi connectivity index (χ0) is 14.7. The zero-order valence-electron chi connectivity index (χ0n) is 11.8. The van der Waals surface area contributed by atoms with E-state index in [2.05, 4.69) is 15.5 Å². The Morgan fingerprint density at radius 3 is 2.67 bits per heavy atom. The number of rotatable bonds is 2. The molecule has 1 heterocycles. The Kier molecular flexibility index (Phi) is 3.64. The lowest BCUT2D eigenvalue weighted by molar-refractivity contribution is 0.262. The van der Waals surface area contributed by atoms with Crippen molar-refractivity contribution in [3.8, 4) is 5.75 Å². The van der Waals surface area contributed by atoms with Crippen LogP contribution in [0.2, 0.25) is 0 Å². The van der Waals surface area contributed by atoms with Crippen LogP contribution < -0.4 is 20.3 Å². The number of carbonyl (C=O) groups excluding carboxylic acids is 1. The number of amides is 2. The minimum Gasteiger partial charge on any atom is -0.489 e. The molecule has 0 atom stereocenters. The van der Waals surface area contributed by atoms with E-state index in [4.69, 9.17) is 4.74 Å². The minimum absolute atomic E-state index is 0.273. The second-order valence-corrected chi connectivity index (χ2v) is 4.90. The molecular formula is C16H17N3O2. The SMILES string of the molecule is CN1CCOc2cc(NC(=O)Nc3ccccc3)ccc21. The van der Waals surface area contributed by atoms with Crippen molar-refractivity contribution in [2.45, 2.75) is 0 Å². The molecule has 5 heteroatoms. The topological polar surface area (TPSA) is 53.6 Å². The highest BCUT2D eigenvalue weighted by Crippen LogP contribution is 2.33. The van der Waals surface area contributed by atoms with Gasteiger partial charge in [-0.25, -0.2) is 4.79 Å². The maximum atomic E-state index is 11.9. The smallest absolute Gasteiger partial charge is 0.323 e. The van der Waals surface area contributed by atoms with Crippen LogP contribution in [-0.4, -0.2) is 26.2 Å². The van der Waals surface area contributed by atoms with Gasteiger partial charge < -0.3 is 20.3 Å². The van der Waals surface area contributed by atoms with Crippen molar-refractivity contribution in [1.29, 1.82) is 0 Å². The van der Waals surface area contributed by atoms with Crippen LogP contribution in [0.3, 0.4) is 0 Å². The van der Waals surface area contributed by atoms with Crippen molar-refractivity contribution >= 4 is 23.1 Å². The molecule has 0 saturated heterocycles. The molecule has 0 radical (unpaired) electrons. The van der Waals surface area contributed by atoms with E-state index in [-0.39, 0.29) is 6.03 Å². The maximum Gasteiger partial charge on any atom is 0.323 e. The van der Waals surface area contributed by atoms with Crippen LogP contribution in [0.25, 0.3) is 0 Å². The van der Waals surface area contributed by atoms with Crippen LogP contribution in [0.4, 0.5) is 21.9 Å². The van der Waals surface area contributed by atoms with Crippen molar-refractivity contribution in [2.75, 3.05) is 35.7 Å². The molecule has 2 N–H and O–H groups in total. The first-order valence-electron chi connectivity index (χ1n) is 6.83. The van der Waals surface area contributed by atoms with Crippen LogP contribution in [-0.2, 0) is 0 Å². The fourth-order valence-corrected chi connectivity index (χ4v) is 2.25. The number of urea groups is 1. The average Bonchev–Trinajstić information content (AvgIpc) is 2.48. The first kappa shape index (κ1) is 13.3. The molecule has 2 aromatic rings. The molecule has 0 fully saturated rings. The van der Waals surface area contributed by atoms with E-state index in [1.54, 1.807) is 0 Å². The van der Waals surface area contributed by atoms with Crippen molar-refractivity contribution in [3.05, 3.63) is 48.5 Å². The molecule has 1 aliphatic rings. The van der Waals surface area contributed by atoms with Crippen molar-refractivity contribution < 1.29 is 9.53 Å². The highest BCUT2D eigenvalue weighted by atomic mass is 16.5.